The van der Waals surface area contributed by atoms with E-state index in [0.29, 0.717) is 10.0 Å². The Morgan fingerprint density at radius 3 is 2.04 bits per heavy atom. The lowest BCUT2D eigenvalue weighted by Gasteiger charge is -2.05. The van der Waals surface area contributed by atoms with Crippen molar-refractivity contribution in [2.75, 3.05) is 5.32 Å². The third kappa shape index (κ3) is 5.50. The van der Waals surface area contributed by atoms with Gasteiger partial charge in [0.05, 0.1) is 5.56 Å². The van der Waals surface area contributed by atoms with E-state index < -0.39 is 0 Å². The van der Waals surface area contributed by atoms with Crippen LogP contribution in [-0.2, 0) is 0 Å². The summed E-state index contributed by atoms with van der Waals surface area (Å²) in [6.07, 6.45) is 0. The van der Waals surface area contributed by atoms with Crippen molar-refractivity contribution in [1.29, 1.82) is 0 Å². The minimum atomic E-state index is 0. The van der Waals surface area contributed by atoms with Crippen LogP contribution in [0.3, 0.4) is 0 Å². The molecule has 128 valence electrons. The molecule has 0 atom stereocenters. The van der Waals surface area contributed by atoms with Gasteiger partial charge in [-0.2, -0.15) is 0 Å². The topological polar surface area (TPSA) is 26.0 Å². The minimum Gasteiger partial charge on any atom is -1.00 e. The molecule has 3 rings (SSSR count). The predicted octanol–water partition coefficient (Wildman–Crippen LogP) is 1.58. The van der Waals surface area contributed by atoms with Crippen LogP contribution in [0.5, 0.6) is 0 Å². The lowest BCUT2D eigenvalue weighted by molar-refractivity contribution is -0.352. The molecule has 2 N–H and O–H groups in total. The molecule has 0 saturated heterocycles. The van der Waals surface area contributed by atoms with E-state index in [1.165, 1.54) is 5.56 Å². The molecule has 0 aromatic heterocycles. The first-order chi connectivity index (χ1) is 11.6. The maximum Gasteiger partial charge on any atom is 0.285 e. The van der Waals surface area contributed by atoms with E-state index in [2.05, 4.69) is 29.4 Å². The number of anilines is 1. The Balaban J connectivity index is 0.00000225. The molecule has 0 saturated carbocycles. The molecular weight excluding hydrogens is 375 g/mol. The van der Waals surface area contributed by atoms with Crippen LogP contribution in [0, 0.1) is 6.92 Å². The van der Waals surface area contributed by atoms with Gasteiger partial charge >= 0.3 is 0 Å². The molecule has 5 heteroatoms. The summed E-state index contributed by atoms with van der Waals surface area (Å²) in [5, 5.41) is 4.56. The van der Waals surface area contributed by atoms with Crippen molar-refractivity contribution < 1.29 is 17.4 Å². The van der Waals surface area contributed by atoms with Crippen LogP contribution in [0.25, 0.3) is 0 Å². The number of hydrogen-bond acceptors (Lipinski definition) is 0. The molecule has 0 amide bonds. The monoisotopic (exact) mass is 390 g/mol. The van der Waals surface area contributed by atoms with E-state index >= 15 is 0 Å². The average molecular weight is 392 g/mol. The smallest absolute Gasteiger partial charge is 0.285 e. The Hall–Kier alpha value is -2.00. The van der Waals surface area contributed by atoms with E-state index in [1.807, 2.05) is 54.6 Å². The second kappa shape index (κ2) is 8.91. The number of nitrogens with one attached hydrogen (secondary N) is 2. The largest absolute Gasteiger partial charge is 1.00 e. The summed E-state index contributed by atoms with van der Waals surface area (Å²) in [4.78, 5) is 3.43. The van der Waals surface area contributed by atoms with Crippen molar-refractivity contribution >= 4 is 40.4 Å². The maximum absolute atomic E-state index is 6.10. The second-order valence-electron chi connectivity index (χ2n) is 5.52. The summed E-state index contributed by atoms with van der Waals surface area (Å²) in [6.45, 7) is 2.07. The fraction of sp³-hybridized carbons (Fsp3) is 0.0500. The predicted molar refractivity (Wildman–Crippen MR) is 102 cm³/mol. The van der Waals surface area contributed by atoms with Gasteiger partial charge in [-0.25, -0.2) is 10.3 Å². The SMILES string of the molecule is Cc1ccc([NH+]=C(Nc2cc(Cl)cc(Cl)c2)c2ccccc2)cc1.[Cl-]. The molecule has 25 heavy (non-hydrogen) atoms. The number of aryl methyl sites for hydroxylation is 1. The van der Waals surface area contributed by atoms with Crippen molar-refractivity contribution in [3.05, 3.63) is 94.0 Å². The Labute approximate surface area is 163 Å². The van der Waals surface area contributed by atoms with E-state index in [9.17, 15) is 0 Å². The van der Waals surface area contributed by atoms with Gasteiger partial charge in [-0.3, -0.25) is 0 Å². The molecule has 2 nitrogen and oxygen atoms in total. The van der Waals surface area contributed by atoms with Crippen LogP contribution in [-0.4, -0.2) is 5.84 Å². The van der Waals surface area contributed by atoms with Gasteiger partial charge in [-0.05, 0) is 37.3 Å². The Morgan fingerprint density at radius 1 is 0.840 bits per heavy atom. The zero-order valence-corrected chi connectivity index (χ0v) is 15.8. The van der Waals surface area contributed by atoms with Gasteiger partial charge in [-0.15, -0.1) is 0 Å². The molecule has 0 spiro atoms. The molecule has 0 unspecified atom stereocenters. The molecule has 0 fully saturated rings. The van der Waals surface area contributed by atoms with Gasteiger partial charge in [0, 0.05) is 22.2 Å². The number of benzene rings is 3. The first-order valence-electron chi connectivity index (χ1n) is 7.59. The molecule has 3 aromatic rings. The van der Waals surface area contributed by atoms with Crippen LogP contribution in [0.1, 0.15) is 11.1 Å². The highest BCUT2D eigenvalue weighted by Gasteiger charge is 2.13. The van der Waals surface area contributed by atoms with Gasteiger partial charge in [0.1, 0.15) is 11.4 Å². The summed E-state index contributed by atoms with van der Waals surface area (Å²) in [7, 11) is 0. The zero-order chi connectivity index (χ0) is 16.9. The first-order valence-corrected chi connectivity index (χ1v) is 8.35. The molecule has 0 aliphatic rings. The fourth-order valence-electron chi connectivity index (χ4n) is 2.33. The molecule has 0 bridgehead atoms. The van der Waals surface area contributed by atoms with Crippen molar-refractivity contribution in [3.63, 3.8) is 0 Å². The molecule has 0 heterocycles. The summed E-state index contributed by atoms with van der Waals surface area (Å²) in [5.41, 5.74) is 4.08. The standard InChI is InChI=1S/C20H16Cl2N2.ClH/c1-14-7-9-18(10-8-14)23-20(15-5-3-2-4-6-15)24-19-12-16(21)11-17(22)13-19;/h2-13H,1H3,(H,23,24);1H. The van der Waals surface area contributed by atoms with Crippen molar-refractivity contribution in [2.45, 2.75) is 6.92 Å². The molecule has 0 aliphatic heterocycles. The van der Waals surface area contributed by atoms with Gasteiger partial charge in [0.25, 0.3) is 5.84 Å². The maximum atomic E-state index is 6.10. The van der Waals surface area contributed by atoms with Gasteiger partial charge in [0.2, 0.25) is 0 Å². The average Bonchev–Trinajstić information content (AvgIpc) is 2.56. The van der Waals surface area contributed by atoms with E-state index in [0.717, 1.165) is 22.8 Å². The third-order valence-electron chi connectivity index (χ3n) is 3.52. The normalized spacial score (nSPS) is 10.9. The van der Waals surface area contributed by atoms with Crippen molar-refractivity contribution in [3.8, 4) is 0 Å². The van der Waals surface area contributed by atoms with Gasteiger partial charge in [-0.1, -0.05) is 59.1 Å². The Kier molecular flexibility index (Phi) is 6.89. The van der Waals surface area contributed by atoms with Crippen LogP contribution >= 0.6 is 23.2 Å². The van der Waals surface area contributed by atoms with E-state index in [1.54, 1.807) is 6.07 Å². The Morgan fingerprint density at radius 2 is 1.44 bits per heavy atom. The third-order valence-corrected chi connectivity index (χ3v) is 3.95. The minimum absolute atomic E-state index is 0. The fourth-order valence-corrected chi connectivity index (χ4v) is 2.86. The number of rotatable bonds is 3. The van der Waals surface area contributed by atoms with E-state index in [4.69, 9.17) is 23.2 Å². The number of amidine groups is 1. The lowest BCUT2D eigenvalue weighted by Crippen LogP contribution is -3.00. The van der Waals surface area contributed by atoms with Crippen LogP contribution in [0.2, 0.25) is 10.0 Å². The quantitative estimate of drug-likeness (QED) is 0.514. The van der Waals surface area contributed by atoms with Gasteiger partial charge < -0.3 is 12.4 Å². The van der Waals surface area contributed by atoms with Crippen LogP contribution < -0.4 is 22.7 Å². The zero-order valence-electron chi connectivity index (χ0n) is 13.6. The molecule has 3 aromatic carbocycles. The summed E-state index contributed by atoms with van der Waals surface area (Å²) >= 11 is 12.2. The van der Waals surface area contributed by atoms with Crippen LogP contribution in [0.15, 0.2) is 72.8 Å². The summed E-state index contributed by atoms with van der Waals surface area (Å²) in [5.74, 6) is 0.859. The summed E-state index contributed by atoms with van der Waals surface area (Å²) < 4.78 is 0. The summed E-state index contributed by atoms with van der Waals surface area (Å²) in [6, 6.07) is 23.7. The molecular formula is C20H17Cl3N2. The van der Waals surface area contributed by atoms with Crippen molar-refractivity contribution in [1.82, 2.24) is 0 Å². The first kappa shape index (κ1) is 19.3. The number of hydrogen-bond donors (Lipinski definition) is 2. The lowest BCUT2D eigenvalue weighted by atomic mass is 10.2. The van der Waals surface area contributed by atoms with Crippen molar-refractivity contribution in [2.24, 2.45) is 0 Å². The highest BCUT2D eigenvalue weighted by molar-refractivity contribution is 6.35. The second-order valence-corrected chi connectivity index (χ2v) is 6.39. The Bertz CT molecular complexity index is 840. The van der Waals surface area contributed by atoms with Crippen LogP contribution in [0.4, 0.5) is 11.4 Å². The molecule has 0 radical (unpaired) electrons. The number of halogens is 3. The van der Waals surface area contributed by atoms with E-state index in [-0.39, 0.29) is 12.4 Å². The highest BCUT2D eigenvalue weighted by Crippen LogP contribution is 2.22. The molecule has 0 aliphatic carbocycles. The highest BCUT2D eigenvalue weighted by atomic mass is 35.5. The van der Waals surface area contributed by atoms with Gasteiger partial charge in [0.15, 0.2) is 0 Å².